The number of hydrogen-bond acceptors (Lipinski definition) is 6. The molecule has 0 amide bonds. The monoisotopic (exact) mass is 418 g/mol. The lowest BCUT2D eigenvalue weighted by molar-refractivity contribution is -0.141. The van der Waals surface area contributed by atoms with Crippen LogP contribution in [-0.2, 0) is 6.18 Å². The van der Waals surface area contributed by atoms with E-state index in [-0.39, 0.29) is 18.1 Å². The first-order chi connectivity index (χ1) is 14.3. The second-order valence-corrected chi connectivity index (χ2v) is 7.53. The number of aryl methyl sites for hydroxylation is 1. The predicted molar refractivity (Wildman–Crippen MR) is 104 cm³/mol. The van der Waals surface area contributed by atoms with Crippen LogP contribution >= 0.6 is 0 Å². The van der Waals surface area contributed by atoms with Crippen LogP contribution in [0.1, 0.15) is 43.0 Å². The number of anilines is 2. The number of benzene rings is 1. The van der Waals surface area contributed by atoms with E-state index >= 15 is 0 Å². The number of hydrogen-bond donors (Lipinski definition) is 2. The van der Waals surface area contributed by atoms with Gasteiger partial charge in [-0.1, -0.05) is 5.21 Å². The van der Waals surface area contributed by atoms with Gasteiger partial charge in [0.25, 0.3) is 0 Å². The molecule has 0 radical (unpaired) electrons. The minimum atomic E-state index is -4.54. The van der Waals surface area contributed by atoms with Crippen molar-refractivity contribution in [2.75, 3.05) is 5.32 Å². The van der Waals surface area contributed by atoms with E-state index in [1.807, 2.05) is 19.2 Å². The summed E-state index contributed by atoms with van der Waals surface area (Å²) in [5, 5.41) is 21.2. The Hall–Kier alpha value is -3.01. The van der Waals surface area contributed by atoms with Crippen LogP contribution in [0.3, 0.4) is 0 Å². The van der Waals surface area contributed by atoms with Gasteiger partial charge in [-0.15, -0.1) is 5.10 Å². The minimum absolute atomic E-state index is 0.107. The fourth-order valence-electron chi connectivity index (χ4n) is 3.68. The zero-order valence-electron chi connectivity index (χ0n) is 16.3. The van der Waals surface area contributed by atoms with E-state index < -0.39 is 11.9 Å². The quantitative estimate of drug-likeness (QED) is 0.657. The van der Waals surface area contributed by atoms with Gasteiger partial charge in [-0.3, -0.25) is 0 Å². The van der Waals surface area contributed by atoms with Gasteiger partial charge >= 0.3 is 6.18 Å². The number of aliphatic hydroxyl groups is 1. The number of aliphatic hydroxyl groups excluding tert-OH is 1. The number of halogens is 3. The number of aromatic nitrogens is 5. The van der Waals surface area contributed by atoms with Crippen LogP contribution < -0.4 is 5.32 Å². The molecule has 0 spiro atoms. The number of nitrogens with one attached hydrogen (secondary N) is 1. The highest BCUT2D eigenvalue weighted by atomic mass is 19.4. The standard InChI is InChI=1S/C20H21F3N6O/c1-12-7-13(17-11-29(28-27-17)15-3-2-4-16(30)10-15)9-14(8-12)25-19-24-6-5-18(26-19)20(21,22)23/h5-9,11,15-16,30H,2-4,10H2,1H3,(H,24,25,26). The molecule has 2 unspecified atom stereocenters. The largest absolute Gasteiger partial charge is 0.433 e. The second-order valence-electron chi connectivity index (χ2n) is 7.53. The van der Waals surface area contributed by atoms with Gasteiger partial charge in [-0.2, -0.15) is 13.2 Å². The lowest BCUT2D eigenvalue weighted by atomic mass is 9.93. The van der Waals surface area contributed by atoms with Crippen molar-refractivity contribution in [3.63, 3.8) is 0 Å². The lowest BCUT2D eigenvalue weighted by Gasteiger charge is -2.25. The van der Waals surface area contributed by atoms with Gasteiger partial charge in [0.15, 0.2) is 0 Å². The minimum Gasteiger partial charge on any atom is -0.393 e. The molecule has 1 fully saturated rings. The molecular formula is C20H21F3N6O. The predicted octanol–water partition coefficient (Wildman–Crippen LogP) is 4.28. The molecule has 10 heteroatoms. The Morgan fingerprint density at radius 2 is 2.03 bits per heavy atom. The smallest absolute Gasteiger partial charge is 0.393 e. The summed E-state index contributed by atoms with van der Waals surface area (Å²) in [4.78, 5) is 7.42. The summed E-state index contributed by atoms with van der Waals surface area (Å²) in [5.74, 6) is -0.138. The maximum absolute atomic E-state index is 12.9. The number of nitrogens with zero attached hydrogens (tertiary/aromatic N) is 5. The average Bonchev–Trinajstić information content (AvgIpc) is 3.17. The third kappa shape index (κ3) is 4.59. The van der Waals surface area contributed by atoms with Crippen molar-refractivity contribution in [1.29, 1.82) is 0 Å². The average molecular weight is 418 g/mol. The third-order valence-electron chi connectivity index (χ3n) is 5.08. The molecule has 4 rings (SSSR count). The summed E-state index contributed by atoms with van der Waals surface area (Å²) in [6.45, 7) is 1.88. The molecule has 2 heterocycles. The SMILES string of the molecule is Cc1cc(Nc2nccc(C(F)(F)F)n2)cc(-c2cn(C3CCCC(O)C3)nn2)c1. The van der Waals surface area contributed by atoms with Crippen LogP contribution in [0.15, 0.2) is 36.7 Å². The fraction of sp³-hybridized carbons (Fsp3) is 0.400. The van der Waals surface area contributed by atoms with E-state index in [4.69, 9.17) is 0 Å². The van der Waals surface area contributed by atoms with Crippen LogP contribution in [0.2, 0.25) is 0 Å². The summed E-state index contributed by atoms with van der Waals surface area (Å²) in [6.07, 6.45) is 1.38. The molecule has 0 aliphatic heterocycles. The van der Waals surface area contributed by atoms with Crippen molar-refractivity contribution in [2.45, 2.75) is 50.9 Å². The maximum atomic E-state index is 12.9. The molecule has 3 aromatic rings. The first-order valence-electron chi connectivity index (χ1n) is 9.67. The number of alkyl halides is 3. The van der Waals surface area contributed by atoms with E-state index in [0.29, 0.717) is 17.8 Å². The first-order valence-corrected chi connectivity index (χ1v) is 9.67. The van der Waals surface area contributed by atoms with Crippen LogP contribution in [-0.4, -0.2) is 36.2 Å². The van der Waals surface area contributed by atoms with Crippen molar-refractivity contribution in [1.82, 2.24) is 25.0 Å². The van der Waals surface area contributed by atoms with Crippen LogP contribution in [0.25, 0.3) is 11.3 Å². The Labute approximate surface area is 171 Å². The van der Waals surface area contributed by atoms with E-state index in [1.165, 1.54) is 0 Å². The van der Waals surface area contributed by atoms with Crippen LogP contribution in [0.5, 0.6) is 0 Å². The van der Waals surface area contributed by atoms with Gasteiger partial charge in [-0.05, 0) is 62.4 Å². The Morgan fingerprint density at radius 1 is 1.20 bits per heavy atom. The van der Waals surface area contributed by atoms with Crippen molar-refractivity contribution in [3.8, 4) is 11.3 Å². The molecule has 1 aliphatic carbocycles. The van der Waals surface area contributed by atoms with Gasteiger partial charge in [0.05, 0.1) is 18.3 Å². The Bertz CT molecular complexity index is 1040. The summed E-state index contributed by atoms with van der Waals surface area (Å²) in [5.41, 5.74) is 1.85. The van der Waals surface area contributed by atoms with E-state index in [1.54, 1.807) is 16.8 Å². The lowest BCUT2D eigenvalue weighted by Crippen LogP contribution is -2.22. The molecular weight excluding hydrogens is 397 g/mol. The van der Waals surface area contributed by atoms with E-state index in [9.17, 15) is 18.3 Å². The molecule has 2 atom stereocenters. The summed E-state index contributed by atoms with van der Waals surface area (Å²) >= 11 is 0. The zero-order valence-corrected chi connectivity index (χ0v) is 16.3. The fourth-order valence-corrected chi connectivity index (χ4v) is 3.68. The molecule has 1 aromatic carbocycles. The van der Waals surface area contributed by atoms with Crippen molar-refractivity contribution in [2.24, 2.45) is 0 Å². The Kier molecular flexibility index (Phi) is 5.42. The highest BCUT2D eigenvalue weighted by Crippen LogP contribution is 2.31. The highest BCUT2D eigenvalue weighted by molar-refractivity contribution is 5.68. The molecule has 1 saturated carbocycles. The van der Waals surface area contributed by atoms with Crippen molar-refractivity contribution in [3.05, 3.63) is 47.9 Å². The molecule has 7 nitrogen and oxygen atoms in total. The molecule has 1 aliphatic rings. The van der Waals surface area contributed by atoms with Gasteiger partial charge in [0.1, 0.15) is 11.4 Å². The topological polar surface area (TPSA) is 88.8 Å². The molecule has 0 bridgehead atoms. The molecule has 0 saturated heterocycles. The second kappa shape index (κ2) is 8.02. The van der Waals surface area contributed by atoms with Gasteiger partial charge in [-0.25, -0.2) is 14.6 Å². The third-order valence-corrected chi connectivity index (χ3v) is 5.08. The van der Waals surface area contributed by atoms with Crippen LogP contribution in [0, 0.1) is 6.92 Å². The van der Waals surface area contributed by atoms with E-state index in [2.05, 4.69) is 25.6 Å². The summed E-state index contributed by atoms with van der Waals surface area (Å²) < 4.78 is 40.4. The molecule has 2 aromatic heterocycles. The van der Waals surface area contributed by atoms with Crippen LogP contribution in [0.4, 0.5) is 24.8 Å². The molecule has 158 valence electrons. The molecule has 30 heavy (non-hydrogen) atoms. The first kappa shape index (κ1) is 20.3. The van der Waals surface area contributed by atoms with Crippen molar-refractivity contribution < 1.29 is 18.3 Å². The zero-order chi connectivity index (χ0) is 21.3. The normalized spacial score (nSPS) is 19.6. The Morgan fingerprint density at radius 3 is 2.80 bits per heavy atom. The van der Waals surface area contributed by atoms with Gasteiger partial charge in [0.2, 0.25) is 5.95 Å². The van der Waals surface area contributed by atoms with Crippen molar-refractivity contribution >= 4 is 11.6 Å². The Balaban J connectivity index is 1.57. The van der Waals surface area contributed by atoms with E-state index in [0.717, 1.165) is 42.7 Å². The number of rotatable bonds is 4. The van der Waals surface area contributed by atoms with Gasteiger partial charge < -0.3 is 10.4 Å². The summed E-state index contributed by atoms with van der Waals surface area (Å²) in [7, 11) is 0. The summed E-state index contributed by atoms with van der Waals surface area (Å²) in [6, 6.07) is 6.40. The maximum Gasteiger partial charge on any atom is 0.433 e. The van der Waals surface area contributed by atoms with Gasteiger partial charge in [0, 0.05) is 17.4 Å². The molecule has 2 N–H and O–H groups in total. The highest BCUT2D eigenvalue weighted by Gasteiger charge is 2.32.